The molecule has 31 heavy (non-hydrogen) atoms. The minimum absolute atomic E-state index is 0.00542. The highest BCUT2D eigenvalue weighted by molar-refractivity contribution is 5.88. The first-order valence-corrected chi connectivity index (χ1v) is 8.87. The normalized spacial score (nSPS) is 16.4. The number of alkyl halides is 5. The van der Waals surface area contributed by atoms with Gasteiger partial charge in [0.1, 0.15) is 12.1 Å². The molecule has 1 aliphatic rings. The molecule has 9 nitrogen and oxygen atoms in total. The van der Waals surface area contributed by atoms with Crippen LogP contribution in [0.3, 0.4) is 0 Å². The van der Waals surface area contributed by atoms with E-state index >= 15 is 0 Å². The van der Waals surface area contributed by atoms with Crippen molar-refractivity contribution in [2.24, 2.45) is 0 Å². The molecule has 0 amide bonds. The fraction of sp³-hybridized carbons (Fsp3) is 0.353. The second kappa shape index (κ2) is 6.99. The highest BCUT2D eigenvalue weighted by Crippen LogP contribution is 2.38. The van der Waals surface area contributed by atoms with Crippen LogP contribution in [-0.2, 0) is 11.3 Å². The van der Waals surface area contributed by atoms with Gasteiger partial charge in [-0.1, -0.05) is 0 Å². The summed E-state index contributed by atoms with van der Waals surface area (Å²) in [7, 11) is 0. The van der Waals surface area contributed by atoms with Gasteiger partial charge in [0, 0.05) is 19.2 Å². The Morgan fingerprint density at radius 1 is 1.32 bits per heavy atom. The van der Waals surface area contributed by atoms with Crippen LogP contribution in [0.15, 0.2) is 24.5 Å². The highest BCUT2D eigenvalue weighted by atomic mass is 19.4. The summed E-state index contributed by atoms with van der Waals surface area (Å²) in [5.74, 6) is -7.38. The molecule has 0 bridgehead atoms. The topological polar surface area (TPSA) is 120 Å². The summed E-state index contributed by atoms with van der Waals surface area (Å²) in [5.41, 5.74) is 0.0730. The van der Waals surface area contributed by atoms with Gasteiger partial charge < -0.3 is 15.6 Å². The second-order valence-electron chi connectivity index (χ2n) is 6.85. The average molecular weight is 444 g/mol. The monoisotopic (exact) mass is 444 g/mol. The number of rotatable bonds is 5. The molecule has 1 aliphatic heterocycles. The van der Waals surface area contributed by atoms with E-state index in [9.17, 15) is 37.1 Å². The summed E-state index contributed by atoms with van der Waals surface area (Å²) in [5, 5.41) is 28.9. The molecule has 0 aromatic carbocycles. The minimum atomic E-state index is -5.71. The third-order valence-corrected chi connectivity index (χ3v) is 4.91. The van der Waals surface area contributed by atoms with E-state index < -0.39 is 37.0 Å². The van der Waals surface area contributed by atoms with E-state index in [0.29, 0.717) is 4.73 Å². The zero-order chi connectivity index (χ0) is 22.6. The first-order valence-electron chi connectivity index (χ1n) is 8.87. The average Bonchev–Trinajstić information content (AvgIpc) is 3.28. The number of pyridine rings is 1. The molecule has 0 saturated heterocycles. The smallest absolute Gasteiger partial charge is 0.453 e. The van der Waals surface area contributed by atoms with Crippen LogP contribution >= 0.6 is 0 Å². The van der Waals surface area contributed by atoms with Crippen LogP contribution in [-0.4, -0.2) is 49.5 Å². The SMILES string of the molecule is O=C(O)C1CNc2c1cnc(-c1nn(CCC(F)(F)C(F)(F)F)c3ncccc13)[n+]2[O-]. The van der Waals surface area contributed by atoms with E-state index in [1.807, 2.05) is 0 Å². The van der Waals surface area contributed by atoms with Crippen LogP contribution in [0.2, 0.25) is 0 Å². The maximum Gasteiger partial charge on any atom is 0.453 e. The molecule has 1 atom stereocenters. The lowest BCUT2D eigenvalue weighted by Crippen LogP contribution is -2.37. The molecule has 0 radical (unpaired) electrons. The molecule has 0 saturated carbocycles. The molecular formula is C17H13F5N6O3. The van der Waals surface area contributed by atoms with Crippen molar-refractivity contribution < 1.29 is 36.6 Å². The van der Waals surface area contributed by atoms with Gasteiger partial charge in [-0.2, -0.15) is 27.1 Å². The van der Waals surface area contributed by atoms with Gasteiger partial charge in [-0.15, -0.1) is 4.98 Å². The Kier molecular flexibility index (Phi) is 4.66. The Bertz CT molecular complexity index is 1180. The number of carbonyl (C=O) groups is 1. The number of aryl methyl sites for hydroxylation is 1. The molecular weight excluding hydrogens is 431 g/mol. The Morgan fingerprint density at radius 2 is 2.06 bits per heavy atom. The minimum Gasteiger partial charge on any atom is -0.740 e. The van der Waals surface area contributed by atoms with Crippen LogP contribution in [0.4, 0.5) is 27.8 Å². The first-order chi connectivity index (χ1) is 14.5. The number of carboxylic acids is 1. The van der Waals surface area contributed by atoms with E-state index in [4.69, 9.17) is 0 Å². The number of halogens is 5. The Labute approximate surface area is 169 Å². The molecule has 0 aliphatic carbocycles. The molecule has 3 aromatic rings. The number of hydrogen-bond acceptors (Lipinski definition) is 6. The van der Waals surface area contributed by atoms with Crippen LogP contribution in [0.5, 0.6) is 0 Å². The predicted octanol–water partition coefficient (Wildman–Crippen LogP) is 2.31. The summed E-state index contributed by atoms with van der Waals surface area (Å²) in [6.45, 7) is -0.843. The van der Waals surface area contributed by atoms with Gasteiger partial charge in [0.05, 0.1) is 17.5 Å². The summed E-state index contributed by atoms with van der Waals surface area (Å²) in [6.07, 6.45) is -4.79. The van der Waals surface area contributed by atoms with Crippen LogP contribution in [0.1, 0.15) is 17.9 Å². The van der Waals surface area contributed by atoms with E-state index in [-0.39, 0.29) is 40.5 Å². The van der Waals surface area contributed by atoms with E-state index in [1.165, 1.54) is 24.5 Å². The van der Waals surface area contributed by atoms with E-state index in [0.717, 1.165) is 4.68 Å². The number of hydrogen-bond donors (Lipinski definition) is 2. The first kappa shape index (κ1) is 20.7. The summed E-state index contributed by atoms with van der Waals surface area (Å²) < 4.78 is 65.4. The van der Waals surface area contributed by atoms with E-state index in [1.54, 1.807) is 0 Å². The molecule has 1 unspecified atom stereocenters. The Balaban J connectivity index is 1.76. The number of aliphatic carboxylic acids is 1. The quantitative estimate of drug-likeness (QED) is 0.352. The van der Waals surface area contributed by atoms with Crippen molar-refractivity contribution >= 4 is 22.8 Å². The van der Waals surface area contributed by atoms with Crippen LogP contribution < -0.4 is 10.0 Å². The standard InChI is InChI=1S/C17H13F5N6O3/c18-16(19,17(20,21)22)3-5-27-12-8(2-1-4-23-12)11(26-27)14-25-6-9-10(15(29)30)7-24-13(9)28(14)31/h1-2,4,6,10,24H,3,5,7H2,(H,29,30). The molecule has 0 spiro atoms. The van der Waals surface area contributed by atoms with Gasteiger partial charge in [-0.3, -0.25) is 4.79 Å². The molecule has 164 valence electrons. The number of anilines is 1. The van der Waals surface area contributed by atoms with Crippen LogP contribution in [0.25, 0.3) is 22.6 Å². The lowest BCUT2D eigenvalue weighted by atomic mass is 10.1. The van der Waals surface area contributed by atoms with Crippen molar-refractivity contribution in [2.45, 2.75) is 31.0 Å². The largest absolute Gasteiger partial charge is 0.740 e. The third-order valence-electron chi connectivity index (χ3n) is 4.91. The fourth-order valence-corrected chi connectivity index (χ4v) is 3.30. The fourth-order valence-electron chi connectivity index (χ4n) is 3.30. The van der Waals surface area contributed by atoms with Gasteiger partial charge in [-0.05, 0) is 12.1 Å². The number of nitrogens with zero attached hydrogens (tertiary/aromatic N) is 5. The zero-order valence-corrected chi connectivity index (χ0v) is 15.4. The maximum atomic E-state index is 13.4. The Morgan fingerprint density at radius 3 is 2.74 bits per heavy atom. The second-order valence-corrected chi connectivity index (χ2v) is 6.85. The summed E-state index contributed by atoms with van der Waals surface area (Å²) in [4.78, 5) is 19.2. The number of fused-ring (bicyclic) bond motifs is 2. The van der Waals surface area contributed by atoms with Crippen molar-refractivity contribution in [3.05, 3.63) is 35.3 Å². The van der Waals surface area contributed by atoms with Gasteiger partial charge in [0.25, 0.3) is 5.82 Å². The van der Waals surface area contributed by atoms with Crippen molar-refractivity contribution in [2.75, 3.05) is 11.9 Å². The lowest BCUT2D eigenvalue weighted by molar-refractivity contribution is -0.581. The number of carboxylic acid groups (broad SMARTS) is 1. The van der Waals surface area contributed by atoms with Gasteiger partial charge >= 0.3 is 18.1 Å². The molecule has 3 aromatic heterocycles. The molecule has 0 fully saturated rings. The number of nitrogens with one attached hydrogen (secondary N) is 1. The maximum absolute atomic E-state index is 13.4. The molecule has 2 N–H and O–H groups in total. The van der Waals surface area contributed by atoms with Crippen molar-refractivity contribution in [3.63, 3.8) is 0 Å². The molecule has 4 rings (SSSR count). The molecule has 14 heteroatoms. The van der Waals surface area contributed by atoms with Crippen LogP contribution in [0, 0.1) is 5.21 Å². The van der Waals surface area contributed by atoms with Crippen molar-refractivity contribution in [1.82, 2.24) is 19.7 Å². The van der Waals surface area contributed by atoms with Crippen molar-refractivity contribution in [3.8, 4) is 11.5 Å². The molecule has 4 heterocycles. The summed E-state index contributed by atoms with van der Waals surface area (Å²) in [6, 6.07) is 2.94. The highest BCUT2D eigenvalue weighted by Gasteiger charge is 2.56. The zero-order valence-electron chi connectivity index (χ0n) is 15.4. The number of aromatic nitrogens is 5. The predicted molar refractivity (Wildman–Crippen MR) is 94.2 cm³/mol. The lowest BCUT2D eigenvalue weighted by Gasteiger charge is -2.19. The summed E-state index contributed by atoms with van der Waals surface area (Å²) >= 11 is 0. The Hall–Kier alpha value is -3.58. The van der Waals surface area contributed by atoms with E-state index in [2.05, 4.69) is 20.4 Å². The van der Waals surface area contributed by atoms with Crippen molar-refractivity contribution in [1.29, 1.82) is 0 Å². The van der Waals surface area contributed by atoms with Gasteiger partial charge in [0.2, 0.25) is 5.82 Å². The third kappa shape index (κ3) is 3.37. The van der Waals surface area contributed by atoms with Gasteiger partial charge in [0.15, 0.2) is 11.3 Å². The van der Waals surface area contributed by atoms with Gasteiger partial charge in [-0.25, -0.2) is 14.4 Å².